The van der Waals surface area contributed by atoms with Crippen LogP contribution in [0.2, 0.25) is 0 Å². The van der Waals surface area contributed by atoms with E-state index in [2.05, 4.69) is 0 Å². The summed E-state index contributed by atoms with van der Waals surface area (Å²) in [6, 6.07) is 23.2. The number of thioether (sulfide) groups is 1. The van der Waals surface area contributed by atoms with Gasteiger partial charge in [0.1, 0.15) is 17.1 Å². The Kier molecular flexibility index (Phi) is 8.42. The van der Waals surface area contributed by atoms with Gasteiger partial charge >= 0.3 is 5.97 Å². The molecule has 3 aromatic carbocycles. The summed E-state index contributed by atoms with van der Waals surface area (Å²) < 4.78 is 21.9. The Balaban J connectivity index is 1.49. The molecule has 3 aromatic rings. The van der Waals surface area contributed by atoms with Gasteiger partial charge in [-0.15, -0.1) is 11.8 Å². The molecule has 0 spiro atoms. The number of methoxy groups -OCH3 is 1. The van der Waals surface area contributed by atoms with Gasteiger partial charge in [-0.2, -0.15) is 0 Å². The van der Waals surface area contributed by atoms with Gasteiger partial charge in [0.05, 0.1) is 13.2 Å². The maximum Gasteiger partial charge on any atom is 0.303 e. The molecule has 5 rings (SSSR count). The first-order chi connectivity index (χ1) is 19.0. The summed E-state index contributed by atoms with van der Waals surface area (Å²) in [5, 5.41) is -0.514. The smallest absolute Gasteiger partial charge is 0.303 e. The van der Waals surface area contributed by atoms with Crippen molar-refractivity contribution in [1.29, 1.82) is 0 Å². The maximum atomic E-state index is 14.5. The van der Waals surface area contributed by atoms with Crippen molar-refractivity contribution in [3.63, 3.8) is 0 Å². The molecular weight excluding hydrogens is 514 g/mol. The van der Waals surface area contributed by atoms with E-state index in [0.717, 1.165) is 21.8 Å². The van der Waals surface area contributed by atoms with E-state index in [-0.39, 0.29) is 30.8 Å². The first-order valence-electron chi connectivity index (χ1n) is 12.9. The van der Waals surface area contributed by atoms with Crippen molar-refractivity contribution in [2.75, 3.05) is 13.9 Å². The minimum absolute atomic E-state index is 0.0147. The number of hydrogen-bond donors (Lipinski definition) is 0. The largest absolute Gasteiger partial charge is 0.497 e. The van der Waals surface area contributed by atoms with Crippen LogP contribution in [0.4, 0.5) is 0 Å². The number of nitrogens with zero attached hydrogens (tertiary/aromatic N) is 1. The van der Waals surface area contributed by atoms with Gasteiger partial charge in [0, 0.05) is 18.4 Å². The Bertz CT molecular complexity index is 1330. The highest BCUT2D eigenvalue weighted by molar-refractivity contribution is 8.00. The molecule has 0 radical (unpaired) electrons. The normalized spacial score (nSPS) is 18.3. The van der Waals surface area contributed by atoms with Crippen molar-refractivity contribution in [2.45, 2.75) is 48.6 Å². The first-order valence-corrected chi connectivity index (χ1v) is 13.8. The molecule has 1 aliphatic heterocycles. The SMILES string of the molecule is COc1ccc(CN(C(=O)C(Sc2ccccc2)c2ccc3c(c2)OCO3)[C@@H]2C=C[C@H](OC(C)=O)CC2)cc1. The van der Waals surface area contributed by atoms with E-state index < -0.39 is 5.25 Å². The van der Waals surface area contributed by atoms with Crippen molar-refractivity contribution >= 4 is 23.6 Å². The Morgan fingerprint density at radius 1 is 0.974 bits per heavy atom. The zero-order chi connectivity index (χ0) is 27.2. The molecule has 39 heavy (non-hydrogen) atoms. The van der Waals surface area contributed by atoms with E-state index in [1.54, 1.807) is 7.11 Å². The first kappa shape index (κ1) is 26.7. The molecule has 8 heteroatoms. The molecule has 0 saturated carbocycles. The summed E-state index contributed by atoms with van der Waals surface area (Å²) in [6.07, 6.45) is 4.93. The predicted octanol–water partition coefficient (Wildman–Crippen LogP) is 5.94. The summed E-state index contributed by atoms with van der Waals surface area (Å²) in [6.45, 7) is 2.01. The predicted molar refractivity (Wildman–Crippen MR) is 149 cm³/mol. The molecule has 202 valence electrons. The van der Waals surface area contributed by atoms with Crippen molar-refractivity contribution in [1.82, 2.24) is 4.90 Å². The topological polar surface area (TPSA) is 74.3 Å². The van der Waals surface area contributed by atoms with E-state index >= 15 is 0 Å². The molecule has 1 unspecified atom stereocenters. The third kappa shape index (κ3) is 6.57. The van der Waals surface area contributed by atoms with E-state index in [4.69, 9.17) is 18.9 Å². The Labute approximate surface area is 232 Å². The van der Waals surface area contributed by atoms with Crippen LogP contribution in [0.5, 0.6) is 17.2 Å². The van der Waals surface area contributed by atoms with Gasteiger partial charge in [-0.25, -0.2) is 0 Å². The van der Waals surface area contributed by atoms with Crippen LogP contribution in [-0.2, 0) is 20.9 Å². The number of esters is 1. The summed E-state index contributed by atoms with van der Waals surface area (Å²) in [5.41, 5.74) is 1.84. The summed E-state index contributed by atoms with van der Waals surface area (Å²) in [4.78, 5) is 28.9. The zero-order valence-corrected chi connectivity index (χ0v) is 22.8. The van der Waals surface area contributed by atoms with Gasteiger partial charge in [-0.1, -0.05) is 42.5 Å². The number of carbonyl (C=O) groups excluding carboxylic acids is 2. The van der Waals surface area contributed by atoms with Crippen molar-refractivity contribution in [2.24, 2.45) is 0 Å². The zero-order valence-electron chi connectivity index (χ0n) is 21.9. The van der Waals surface area contributed by atoms with Gasteiger partial charge in [-0.3, -0.25) is 9.59 Å². The van der Waals surface area contributed by atoms with Crippen molar-refractivity contribution in [3.8, 4) is 17.2 Å². The van der Waals surface area contributed by atoms with Crippen molar-refractivity contribution < 1.29 is 28.5 Å². The van der Waals surface area contributed by atoms with Gasteiger partial charge < -0.3 is 23.8 Å². The number of carbonyl (C=O) groups is 2. The van der Waals surface area contributed by atoms with E-state index in [0.29, 0.717) is 30.9 Å². The van der Waals surface area contributed by atoms with E-state index in [1.165, 1.54) is 18.7 Å². The lowest BCUT2D eigenvalue weighted by Crippen LogP contribution is -2.42. The Morgan fingerprint density at radius 3 is 2.44 bits per heavy atom. The van der Waals surface area contributed by atoms with Gasteiger partial charge in [0.2, 0.25) is 12.7 Å². The second kappa shape index (κ2) is 12.3. The van der Waals surface area contributed by atoms with Crippen LogP contribution in [0, 0.1) is 0 Å². The minimum Gasteiger partial charge on any atom is -0.497 e. The number of hydrogen-bond acceptors (Lipinski definition) is 7. The monoisotopic (exact) mass is 545 g/mol. The molecule has 0 saturated heterocycles. The number of fused-ring (bicyclic) bond motifs is 1. The number of ether oxygens (including phenoxy) is 4. The molecule has 2 aliphatic rings. The lowest BCUT2D eigenvalue weighted by atomic mass is 9.97. The minimum atomic E-state index is -0.514. The number of benzene rings is 3. The second-order valence-corrected chi connectivity index (χ2v) is 10.6. The molecule has 7 nitrogen and oxygen atoms in total. The van der Waals surface area contributed by atoms with Crippen LogP contribution in [0.1, 0.15) is 36.1 Å². The number of rotatable bonds is 9. The summed E-state index contributed by atoms with van der Waals surface area (Å²) >= 11 is 1.51. The second-order valence-electron chi connectivity index (χ2n) is 9.42. The molecular formula is C31H31NO6S. The van der Waals surface area contributed by atoms with Crippen molar-refractivity contribution in [3.05, 3.63) is 96.1 Å². The lowest BCUT2D eigenvalue weighted by Gasteiger charge is -2.35. The average molecular weight is 546 g/mol. The van der Waals surface area contributed by atoms with E-state index in [9.17, 15) is 9.59 Å². The van der Waals surface area contributed by atoms with Crippen LogP contribution in [0.3, 0.4) is 0 Å². The van der Waals surface area contributed by atoms with E-state index in [1.807, 2.05) is 89.8 Å². The highest BCUT2D eigenvalue weighted by atomic mass is 32.2. The summed E-state index contributed by atoms with van der Waals surface area (Å²) in [5.74, 6) is 1.76. The molecule has 0 N–H and O–H groups in total. The molecule has 3 atom stereocenters. The lowest BCUT2D eigenvalue weighted by molar-refractivity contribution is -0.145. The van der Waals surface area contributed by atoms with Crippen LogP contribution in [-0.4, -0.2) is 42.8 Å². The Hall–Kier alpha value is -3.91. The highest BCUT2D eigenvalue weighted by Crippen LogP contribution is 2.42. The van der Waals surface area contributed by atoms with Gasteiger partial charge in [0.25, 0.3) is 0 Å². The fourth-order valence-electron chi connectivity index (χ4n) is 4.76. The molecule has 0 aromatic heterocycles. The molecule has 0 fully saturated rings. The quantitative estimate of drug-likeness (QED) is 0.187. The van der Waals surface area contributed by atoms with Crippen LogP contribution < -0.4 is 14.2 Å². The molecule has 1 heterocycles. The maximum absolute atomic E-state index is 14.5. The molecule has 1 amide bonds. The van der Waals surface area contributed by atoms with Crippen LogP contribution in [0.15, 0.2) is 89.8 Å². The molecule has 1 aliphatic carbocycles. The standard InChI is InChI=1S/C31H31NO6S/c1-21(33)38-26-15-11-24(12-16-26)32(19-22-8-13-25(35-2)14-9-22)31(34)30(39-27-6-4-3-5-7-27)23-10-17-28-29(18-23)37-20-36-28/h3-11,13-15,17-18,24,26,30H,12,16,19-20H2,1-2H3/t24-,26+,30?/m1/s1. The van der Waals surface area contributed by atoms with Gasteiger partial charge in [0.15, 0.2) is 11.5 Å². The molecule has 0 bridgehead atoms. The highest BCUT2D eigenvalue weighted by Gasteiger charge is 2.33. The Morgan fingerprint density at radius 2 is 1.74 bits per heavy atom. The third-order valence-electron chi connectivity index (χ3n) is 6.73. The van der Waals surface area contributed by atoms with Crippen LogP contribution in [0.25, 0.3) is 0 Å². The van der Waals surface area contributed by atoms with Crippen LogP contribution >= 0.6 is 11.8 Å². The fraction of sp³-hybridized carbons (Fsp3) is 0.290. The summed E-state index contributed by atoms with van der Waals surface area (Å²) in [7, 11) is 1.63. The van der Waals surface area contributed by atoms with Gasteiger partial charge in [-0.05, 0) is 66.4 Å². The average Bonchev–Trinajstić information content (AvgIpc) is 3.43. The fourth-order valence-corrected chi connectivity index (χ4v) is 5.87. The number of amides is 1. The third-order valence-corrected chi connectivity index (χ3v) is 7.98.